The molecule has 8 heteroatoms. The number of pyridine rings is 2. The molecule has 0 bridgehead atoms. The van der Waals surface area contributed by atoms with E-state index in [4.69, 9.17) is 0 Å². The first-order valence-electron chi connectivity index (χ1n) is 8.44. The van der Waals surface area contributed by atoms with E-state index in [0.717, 1.165) is 29.9 Å². The van der Waals surface area contributed by atoms with Gasteiger partial charge >= 0.3 is 0 Å². The minimum Gasteiger partial charge on any atom is -0.257 e. The van der Waals surface area contributed by atoms with E-state index in [1.54, 1.807) is 19.1 Å². The van der Waals surface area contributed by atoms with E-state index in [-0.39, 0.29) is 4.90 Å². The van der Waals surface area contributed by atoms with Crippen LogP contribution in [-0.4, -0.2) is 35.8 Å². The molecule has 26 heavy (non-hydrogen) atoms. The number of nitrogens with zero attached hydrogens (tertiary/aromatic N) is 4. The molecule has 1 aliphatic heterocycles. The molecule has 0 aliphatic carbocycles. The average Bonchev–Trinajstić information content (AvgIpc) is 2.63. The summed E-state index contributed by atoms with van der Waals surface area (Å²) < 4.78 is 26.9. The molecular weight excluding hydrogens is 368 g/mol. The minimum atomic E-state index is -3.48. The van der Waals surface area contributed by atoms with Gasteiger partial charge in [0.1, 0.15) is 16.0 Å². The summed E-state index contributed by atoms with van der Waals surface area (Å²) in [5.74, 6) is 0. The van der Waals surface area contributed by atoms with E-state index in [1.807, 2.05) is 13.0 Å². The fourth-order valence-corrected chi connectivity index (χ4v) is 5.41. The Kier molecular flexibility index (Phi) is 5.61. The number of sulfonamides is 1. The van der Waals surface area contributed by atoms with Crippen LogP contribution in [0, 0.1) is 25.2 Å². The van der Waals surface area contributed by atoms with Gasteiger partial charge in [-0.3, -0.25) is 4.98 Å². The van der Waals surface area contributed by atoms with Crippen LogP contribution in [0.1, 0.15) is 36.2 Å². The zero-order chi connectivity index (χ0) is 18.7. The van der Waals surface area contributed by atoms with Crippen molar-refractivity contribution in [2.75, 3.05) is 13.1 Å². The largest absolute Gasteiger partial charge is 0.257 e. The summed E-state index contributed by atoms with van der Waals surface area (Å²) in [4.78, 5) is 9.59. The fourth-order valence-electron chi connectivity index (χ4n) is 2.96. The molecular formula is C18H20N4O2S2. The normalized spacial score (nSPS) is 15.6. The fraction of sp³-hybridized carbons (Fsp3) is 0.389. The van der Waals surface area contributed by atoms with Crippen LogP contribution in [0.4, 0.5) is 0 Å². The van der Waals surface area contributed by atoms with Gasteiger partial charge in [0.05, 0.1) is 11.3 Å². The van der Waals surface area contributed by atoms with E-state index in [2.05, 4.69) is 16.0 Å². The van der Waals surface area contributed by atoms with Gasteiger partial charge in [-0.1, -0.05) is 18.2 Å². The van der Waals surface area contributed by atoms with Gasteiger partial charge < -0.3 is 0 Å². The highest BCUT2D eigenvalue weighted by atomic mass is 32.2. The SMILES string of the molecule is Cc1cc(Sc2ccc(S(=O)(=O)N3CCCCC3)cn2)c(C#N)c(C)n1. The predicted molar refractivity (Wildman–Crippen MR) is 99.4 cm³/mol. The smallest absolute Gasteiger partial charge is 0.244 e. The summed E-state index contributed by atoms with van der Waals surface area (Å²) in [7, 11) is -3.48. The van der Waals surface area contributed by atoms with Gasteiger partial charge in [0.25, 0.3) is 0 Å². The van der Waals surface area contributed by atoms with Gasteiger partial charge in [0, 0.05) is 29.9 Å². The quantitative estimate of drug-likeness (QED) is 0.799. The molecule has 1 saturated heterocycles. The van der Waals surface area contributed by atoms with E-state index in [1.165, 1.54) is 22.3 Å². The predicted octanol–water partition coefficient (Wildman–Crippen LogP) is 3.29. The summed E-state index contributed by atoms with van der Waals surface area (Å²) in [6.45, 7) is 4.82. The number of aryl methyl sites for hydroxylation is 2. The number of rotatable bonds is 4. The molecule has 0 saturated carbocycles. The van der Waals surface area contributed by atoms with Crippen LogP contribution in [0.25, 0.3) is 0 Å². The lowest BCUT2D eigenvalue weighted by Crippen LogP contribution is -2.35. The highest BCUT2D eigenvalue weighted by molar-refractivity contribution is 7.99. The molecule has 0 spiro atoms. The Morgan fingerprint density at radius 2 is 1.92 bits per heavy atom. The second-order valence-corrected chi connectivity index (χ2v) is 9.23. The lowest BCUT2D eigenvalue weighted by molar-refractivity contribution is 0.346. The summed E-state index contributed by atoms with van der Waals surface area (Å²) in [6.07, 6.45) is 4.28. The molecule has 0 radical (unpaired) electrons. The first-order chi connectivity index (χ1) is 12.4. The van der Waals surface area contributed by atoms with Crippen molar-refractivity contribution in [2.45, 2.75) is 47.9 Å². The zero-order valence-electron chi connectivity index (χ0n) is 14.8. The number of aromatic nitrogens is 2. The van der Waals surface area contributed by atoms with Gasteiger partial charge in [-0.2, -0.15) is 9.57 Å². The molecule has 1 fully saturated rings. The third-order valence-electron chi connectivity index (χ3n) is 4.28. The van der Waals surface area contributed by atoms with E-state index >= 15 is 0 Å². The monoisotopic (exact) mass is 388 g/mol. The third kappa shape index (κ3) is 3.90. The third-order valence-corrected chi connectivity index (χ3v) is 7.16. The minimum absolute atomic E-state index is 0.214. The summed E-state index contributed by atoms with van der Waals surface area (Å²) in [5.41, 5.74) is 2.03. The Morgan fingerprint density at radius 1 is 1.19 bits per heavy atom. The molecule has 2 aromatic heterocycles. The van der Waals surface area contributed by atoms with E-state index < -0.39 is 10.0 Å². The molecule has 2 aromatic rings. The van der Waals surface area contributed by atoms with Crippen LogP contribution < -0.4 is 0 Å². The lowest BCUT2D eigenvalue weighted by Gasteiger charge is -2.25. The van der Waals surface area contributed by atoms with E-state index in [9.17, 15) is 13.7 Å². The van der Waals surface area contributed by atoms with Crippen molar-refractivity contribution >= 4 is 21.8 Å². The highest BCUT2D eigenvalue weighted by Crippen LogP contribution is 2.31. The van der Waals surface area contributed by atoms with Crippen LogP contribution in [-0.2, 0) is 10.0 Å². The molecule has 3 rings (SSSR count). The van der Waals surface area contributed by atoms with Crippen LogP contribution in [0.5, 0.6) is 0 Å². The highest BCUT2D eigenvalue weighted by Gasteiger charge is 2.26. The van der Waals surface area contributed by atoms with Gasteiger partial charge in [0.15, 0.2) is 0 Å². The van der Waals surface area contributed by atoms with Gasteiger partial charge in [-0.15, -0.1) is 0 Å². The summed E-state index contributed by atoms with van der Waals surface area (Å²) in [6, 6.07) is 7.30. The van der Waals surface area contributed by atoms with Crippen molar-refractivity contribution in [1.82, 2.24) is 14.3 Å². The number of hydrogen-bond acceptors (Lipinski definition) is 6. The van der Waals surface area contributed by atoms with Gasteiger partial charge in [0.2, 0.25) is 10.0 Å². The summed E-state index contributed by atoms with van der Waals surface area (Å²) >= 11 is 1.34. The maximum absolute atomic E-state index is 12.7. The molecule has 3 heterocycles. The molecule has 0 aromatic carbocycles. The van der Waals surface area contributed by atoms with E-state index in [0.29, 0.717) is 29.4 Å². The van der Waals surface area contributed by atoms with Crippen molar-refractivity contribution in [3.05, 3.63) is 41.3 Å². The molecule has 1 aliphatic rings. The van der Waals surface area contributed by atoms with Crippen molar-refractivity contribution in [3.8, 4) is 6.07 Å². The summed E-state index contributed by atoms with van der Waals surface area (Å²) in [5, 5.41) is 10.00. The molecule has 0 atom stereocenters. The standard InChI is InChI=1S/C18H20N4O2S2/c1-13-10-17(16(11-19)14(2)21-13)25-18-7-6-15(12-20-18)26(23,24)22-8-4-3-5-9-22/h6-7,10,12H,3-5,8-9H2,1-2H3. The van der Waals surface area contributed by atoms with Crippen molar-refractivity contribution < 1.29 is 8.42 Å². The Balaban J connectivity index is 1.84. The first kappa shape index (κ1) is 18.8. The molecule has 0 amide bonds. The molecule has 136 valence electrons. The molecule has 0 N–H and O–H groups in total. The van der Waals surface area contributed by atoms with Crippen LogP contribution in [0.15, 0.2) is 39.2 Å². The van der Waals surface area contributed by atoms with Crippen molar-refractivity contribution in [1.29, 1.82) is 5.26 Å². The first-order valence-corrected chi connectivity index (χ1v) is 10.7. The van der Waals surface area contributed by atoms with Crippen LogP contribution >= 0.6 is 11.8 Å². The maximum Gasteiger partial charge on any atom is 0.244 e. The Hall–Kier alpha value is -1.95. The van der Waals surface area contributed by atoms with Crippen molar-refractivity contribution in [3.63, 3.8) is 0 Å². The van der Waals surface area contributed by atoms with Crippen LogP contribution in [0.2, 0.25) is 0 Å². The molecule has 0 unspecified atom stereocenters. The van der Waals surface area contributed by atoms with Crippen molar-refractivity contribution in [2.24, 2.45) is 0 Å². The maximum atomic E-state index is 12.7. The lowest BCUT2D eigenvalue weighted by atomic mass is 10.2. The second kappa shape index (κ2) is 7.74. The van der Waals surface area contributed by atoms with Gasteiger partial charge in [-0.25, -0.2) is 13.4 Å². The van der Waals surface area contributed by atoms with Crippen LogP contribution in [0.3, 0.4) is 0 Å². The average molecular weight is 389 g/mol. The van der Waals surface area contributed by atoms with Gasteiger partial charge in [-0.05, 0) is 44.9 Å². The zero-order valence-corrected chi connectivity index (χ0v) is 16.4. The Bertz CT molecular complexity index is 944. The number of piperidine rings is 1. The number of nitriles is 1. The molecule has 6 nitrogen and oxygen atoms in total. The Labute approximate surface area is 158 Å². The second-order valence-electron chi connectivity index (χ2n) is 6.23. The number of hydrogen-bond donors (Lipinski definition) is 0. The topological polar surface area (TPSA) is 87.0 Å². The Morgan fingerprint density at radius 3 is 2.54 bits per heavy atom.